The highest BCUT2D eigenvalue weighted by Crippen LogP contribution is 2.28. The van der Waals surface area contributed by atoms with Gasteiger partial charge in [0.2, 0.25) is 0 Å². The smallest absolute Gasteiger partial charge is 0.266 e. The van der Waals surface area contributed by atoms with Crippen LogP contribution in [0.1, 0.15) is 27.8 Å². The van der Waals surface area contributed by atoms with E-state index in [0.717, 1.165) is 16.7 Å². The van der Waals surface area contributed by atoms with E-state index < -0.39 is 5.91 Å². The van der Waals surface area contributed by atoms with Gasteiger partial charge in [-0.05, 0) is 60.9 Å². The van der Waals surface area contributed by atoms with Crippen LogP contribution in [0.2, 0.25) is 5.02 Å². The van der Waals surface area contributed by atoms with E-state index in [1.165, 1.54) is 6.08 Å². The summed E-state index contributed by atoms with van der Waals surface area (Å²) in [4.78, 5) is 12.6. The zero-order valence-electron chi connectivity index (χ0n) is 17.6. The van der Waals surface area contributed by atoms with Crippen LogP contribution in [0, 0.1) is 36.5 Å². The van der Waals surface area contributed by atoms with Gasteiger partial charge in [0.1, 0.15) is 24.0 Å². The molecule has 0 aromatic heterocycles. The van der Waals surface area contributed by atoms with Crippen LogP contribution < -0.4 is 10.1 Å². The number of hydrogen-bond donors (Lipinski definition) is 1. The van der Waals surface area contributed by atoms with E-state index in [4.69, 9.17) is 16.3 Å². The fraction of sp³-hybridized carbons (Fsp3) is 0.115. The summed E-state index contributed by atoms with van der Waals surface area (Å²) in [7, 11) is 0. The molecule has 0 heterocycles. The van der Waals surface area contributed by atoms with Crippen molar-refractivity contribution in [3.8, 4) is 17.9 Å². The summed E-state index contributed by atoms with van der Waals surface area (Å²) in [6.45, 7) is 4.01. The van der Waals surface area contributed by atoms with Gasteiger partial charge >= 0.3 is 0 Å². The van der Waals surface area contributed by atoms with E-state index in [2.05, 4.69) is 11.4 Å². The minimum absolute atomic E-state index is 0.0430. The van der Waals surface area contributed by atoms with Crippen molar-refractivity contribution in [2.75, 3.05) is 5.32 Å². The van der Waals surface area contributed by atoms with Gasteiger partial charge in [0.05, 0.1) is 16.7 Å². The molecule has 3 rings (SSSR count). The number of benzene rings is 3. The predicted octanol–water partition coefficient (Wildman–Crippen LogP) is 5.95. The second-order valence-corrected chi connectivity index (χ2v) is 7.60. The predicted molar refractivity (Wildman–Crippen MR) is 125 cm³/mol. The van der Waals surface area contributed by atoms with E-state index in [0.29, 0.717) is 27.6 Å². The maximum absolute atomic E-state index is 12.6. The zero-order valence-corrected chi connectivity index (χ0v) is 18.4. The van der Waals surface area contributed by atoms with Crippen LogP contribution in [0.5, 0.6) is 5.75 Å². The largest absolute Gasteiger partial charge is 0.487 e. The number of carbonyl (C=O) groups is 1. The average molecular weight is 442 g/mol. The molecule has 6 heteroatoms. The zero-order chi connectivity index (χ0) is 23.1. The highest BCUT2D eigenvalue weighted by atomic mass is 35.5. The van der Waals surface area contributed by atoms with Crippen molar-refractivity contribution in [2.24, 2.45) is 0 Å². The molecule has 0 aliphatic carbocycles. The summed E-state index contributed by atoms with van der Waals surface area (Å²) >= 11 is 6.34. The Bertz CT molecular complexity index is 1280. The topological polar surface area (TPSA) is 85.9 Å². The molecule has 32 heavy (non-hydrogen) atoms. The molecule has 0 unspecified atom stereocenters. The number of nitrogens with one attached hydrogen (secondary N) is 1. The molecule has 0 aliphatic heterocycles. The van der Waals surface area contributed by atoms with Gasteiger partial charge in [-0.2, -0.15) is 10.5 Å². The van der Waals surface area contributed by atoms with Crippen LogP contribution in [0.3, 0.4) is 0 Å². The molecule has 1 amide bonds. The Balaban J connectivity index is 1.75. The Hall–Kier alpha value is -4.06. The van der Waals surface area contributed by atoms with Gasteiger partial charge in [-0.15, -0.1) is 0 Å². The van der Waals surface area contributed by atoms with Crippen molar-refractivity contribution in [3.63, 3.8) is 0 Å². The van der Waals surface area contributed by atoms with Crippen LogP contribution >= 0.6 is 11.6 Å². The van der Waals surface area contributed by atoms with Crippen LogP contribution in [-0.4, -0.2) is 5.91 Å². The molecule has 5 nitrogen and oxygen atoms in total. The second kappa shape index (κ2) is 10.3. The summed E-state index contributed by atoms with van der Waals surface area (Å²) in [5.41, 5.74) is 4.42. The Morgan fingerprint density at radius 1 is 1.09 bits per heavy atom. The molecule has 0 saturated carbocycles. The van der Waals surface area contributed by atoms with Crippen LogP contribution in [0.25, 0.3) is 6.08 Å². The molecule has 0 atom stereocenters. The molecular weight excluding hydrogens is 422 g/mol. The quantitative estimate of drug-likeness (QED) is 0.378. The van der Waals surface area contributed by atoms with Crippen molar-refractivity contribution in [1.29, 1.82) is 10.5 Å². The maximum Gasteiger partial charge on any atom is 0.266 e. The van der Waals surface area contributed by atoms with Crippen molar-refractivity contribution < 1.29 is 9.53 Å². The first kappa shape index (κ1) is 22.6. The maximum atomic E-state index is 12.6. The minimum Gasteiger partial charge on any atom is -0.487 e. The second-order valence-electron chi connectivity index (χ2n) is 7.19. The molecule has 0 aliphatic rings. The molecule has 0 radical (unpaired) electrons. The summed E-state index contributed by atoms with van der Waals surface area (Å²) in [6.07, 6.45) is 1.47. The number of anilines is 1. The molecule has 3 aromatic carbocycles. The molecule has 3 aromatic rings. The van der Waals surface area contributed by atoms with Gasteiger partial charge in [-0.3, -0.25) is 4.79 Å². The third-order valence-electron chi connectivity index (χ3n) is 4.79. The minimum atomic E-state index is -0.495. The van der Waals surface area contributed by atoms with Crippen LogP contribution in [-0.2, 0) is 11.4 Å². The summed E-state index contributed by atoms with van der Waals surface area (Å²) in [5, 5.41) is 21.8. The van der Waals surface area contributed by atoms with Crippen molar-refractivity contribution in [3.05, 3.63) is 99.1 Å². The lowest BCUT2D eigenvalue weighted by Crippen LogP contribution is -2.14. The number of halogens is 1. The average Bonchev–Trinajstić information content (AvgIpc) is 2.79. The fourth-order valence-corrected chi connectivity index (χ4v) is 3.25. The van der Waals surface area contributed by atoms with Gasteiger partial charge < -0.3 is 10.1 Å². The van der Waals surface area contributed by atoms with Gasteiger partial charge in [-0.25, -0.2) is 0 Å². The lowest BCUT2D eigenvalue weighted by Gasteiger charge is -2.10. The molecule has 0 spiro atoms. The monoisotopic (exact) mass is 441 g/mol. The number of hydrogen-bond acceptors (Lipinski definition) is 4. The Kier molecular flexibility index (Phi) is 7.29. The lowest BCUT2D eigenvalue weighted by atomic mass is 10.1. The van der Waals surface area contributed by atoms with Crippen molar-refractivity contribution in [1.82, 2.24) is 0 Å². The number of ether oxygens (including phenoxy) is 1. The summed E-state index contributed by atoms with van der Waals surface area (Å²) < 4.78 is 5.75. The van der Waals surface area contributed by atoms with Crippen molar-refractivity contribution >= 4 is 29.3 Å². The molecular formula is C26H20ClN3O2. The number of aryl methyl sites for hydroxylation is 2. The fourth-order valence-electron chi connectivity index (χ4n) is 3.01. The summed E-state index contributed by atoms with van der Waals surface area (Å²) in [6, 6.07) is 22.0. The Morgan fingerprint density at radius 3 is 2.59 bits per heavy atom. The SMILES string of the molecule is Cc1ccc(C)c(NC(=O)/C(C#N)=C/c2ccc(OCc3ccccc3C#N)c(Cl)c2)c1. The first-order valence-electron chi connectivity index (χ1n) is 9.82. The first-order chi connectivity index (χ1) is 15.4. The third kappa shape index (κ3) is 5.55. The Labute approximate surface area is 192 Å². The van der Waals surface area contributed by atoms with Crippen LogP contribution in [0.15, 0.2) is 66.2 Å². The van der Waals surface area contributed by atoms with Gasteiger partial charge in [0.15, 0.2) is 0 Å². The van der Waals surface area contributed by atoms with Gasteiger partial charge in [0.25, 0.3) is 5.91 Å². The standard InChI is InChI=1S/C26H20ClN3O2/c1-17-7-8-18(2)24(11-17)30-26(31)22(15-29)12-19-9-10-25(23(27)13-19)32-16-21-6-4-3-5-20(21)14-28/h3-13H,16H2,1-2H3,(H,30,31)/b22-12+. The van der Waals surface area contributed by atoms with E-state index in [1.54, 1.807) is 30.3 Å². The third-order valence-corrected chi connectivity index (χ3v) is 5.09. The van der Waals surface area contributed by atoms with E-state index in [1.807, 2.05) is 50.2 Å². The number of nitrogens with zero attached hydrogens (tertiary/aromatic N) is 2. The number of amides is 1. The molecule has 0 saturated heterocycles. The van der Waals surface area contributed by atoms with Gasteiger partial charge in [-0.1, -0.05) is 48.0 Å². The van der Waals surface area contributed by atoms with E-state index in [-0.39, 0.29) is 12.2 Å². The number of rotatable bonds is 6. The highest BCUT2D eigenvalue weighted by Gasteiger charge is 2.12. The summed E-state index contributed by atoms with van der Waals surface area (Å²) in [5.74, 6) is -0.0549. The normalized spacial score (nSPS) is 10.7. The van der Waals surface area contributed by atoms with Gasteiger partial charge in [0, 0.05) is 11.3 Å². The first-order valence-corrected chi connectivity index (χ1v) is 10.2. The Morgan fingerprint density at radius 2 is 1.88 bits per heavy atom. The molecule has 0 bridgehead atoms. The number of nitriles is 2. The van der Waals surface area contributed by atoms with Crippen LogP contribution in [0.4, 0.5) is 5.69 Å². The van der Waals surface area contributed by atoms with E-state index in [9.17, 15) is 15.3 Å². The number of carbonyl (C=O) groups excluding carboxylic acids is 1. The molecule has 158 valence electrons. The highest BCUT2D eigenvalue weighted by molar-refractivity contribution is 6.32. The lowest BCUT2D eigenvalue weighted by molar-refractivity contribution is -0.112. The van der Waals surface area contributed by atoms with Crippen molar-refractivity contribution in [2.45, 2.75) is 20.5 Å². The van der Waals surface area contributed by atoms with E-state index >= 15 is 0 Å². The molecule has 0 fully saturated rings. The molecule has 1 N–H and O–H groups in total.